The lowest BCUT2D eigenvalue weighted by Gasteiger charge is -2.27. The molecule has 0 aromatic carbocycles. The zero-order valence-electron chi connectivity index (χ0n) is 12.2. The van der Waals surface area contributed by atoms with E-state index in [2.05, 4.69) is 22.5 Å². The van der Waals surface area contributed by atoms with Crippen LogP contribution in [-0.2, 0) is 11.3 Å². The maximum Gasteiger partial charge on any atom is 0.223 e. The zero-order valence-corrected chi connectivity index (χ0v) is 12.2. The van der Waals surface area contributed by atoms with Gasteiger partial charge in [0.05, 0.1) is 6.61 Å². The minimum absolute atomic E-state index is 0.110. The van der Waals surface area contributed by atoms with Crippen LogP contribution >= 0.6 is 0 Å². The van der Waals surface area contributed by atoms with E-state index in [0.717, 1.165) is 24.9 Å². The van der Waals surface area contributed by atoms with Gasteiger partial charge in [0.15, 0.2) is 0 Å². The first-order valence-corrected chi connectivity index (χ1v) is 7.28. The Bertz CT molecular complexity index is 450. The van der Waals surface area contributed by atoms with Gasteiger partial charge in [0, 0.05) is 30.3 Å². The molecule has 1 aliphatic heterocycles. The van der Waals surface area contributed by atoms with Gasteiger partial charge in [0.25, 0.3) is 0 Å². The Kier molecular flexibility index (Phi) is 5.35. The lowest BCUT2D eigenvalue weighted by molar-refractivity contribution is -0.126. The number of hydrogen-bond donors (Lipinski definition) is 2. The number of nitrogens with zero attached hydrogens (tertiary/aromatic N) is 1. The third-order valence-corrected chi connectivity index (χ3v) is 3.58. The molecule has 0 aliphatic carbocycles. The van der Waals surface area contributed by atoms with Crippen molar-refractivity contribution in [1.82, 2.24) is 15.6 Å². The second kappa shape index (κ2) is 7.24. The Morgan fingerprint density at radius 2 is 2.45 bits per heavy atom. The largest absolute Gasteiger partial charge is 0.478 e. The summed E-state index contributed by atoms with van der Waals surface area (Å²) >= 11 is 0. The summed E-state index contributed by atoms with van der Waals surface area (Å²) in [6, 6.07) is 4.21. The van der Waals surface area contributed by atoms with Crippen molar-refractivity contribution in [2.75, 3.05) is 13.2 Å². The molecule has 1 aliphatic rings. The van der Waals surface area contributed by atoms with Crippen LogP contribution in [0.25, 0.3) is 0 Å². The standard InChI is InChI=1S/C15H23N3O2/c1-3-20-15-13(5-4-7-17-15)10-18-14(19)12-6-8-16-11(2)9-12/h4-5,7,11-12,16H,3,6,8-10H2,1-2H3,(H,18,19)/t11-,12-/m0/s1. The molecule has 5 nitrogen and oxygen atoms in total. The zero-order chi connectivity index (χ0) is 14.4. The molecule has 1 saturated heterocycles. The fourth-order valence-electron chi connectivity index (χ4n) is 2.52. The molecule has 20 heavy (non-hydrogen) atoms. The molecule has 0 unspecified atom stereocenters. The van der Waals surface area contributed by atoms with Gasteiger partial charge in [-0.3, -0.25) is 4.79 Å². The lowest BCUT2D eigenvalue weighted by atomic mass is 9.92. The highest BCUT2D eigenvalue weighted by molar-refractivity contribution is 5.78. The topological polar surface area (TPSA) is 63.2 Å². The minimum atomic E-state index is 0.110. The first kappa shape index (κ1) is 14.8. The molecule has 1 aromatic rings. The minimum Gasteiger partial charge on any atom is -0.478 e. The van der Waals surface area contributed by atoms with Crippen LogP contribution in [0.2, 0.25) is 0 Å². The Labute approximate surface area is 120 Å². The summed E-state index contributed by atoms with van der Waals surface area (Å²) in [4.78, 5) is 16.4. The third kappa shape index (κ3) is 3.93. The highest BCUT2D eigenvalue weighted by Crippen LogP contribution is 2.17. The average Bonchev–Trinajstić information content (AvgIpc) is 2.46. The van der Waals surface area contributed by atoms with E-state index in [4.69, 9.17) is 4.74 Å². The average molecular weight is 277 g/mol. The van der Waals surface area contributed by atoms with Crippen molar-refractivity contribution in [3.63, 3.8) is 0 Å². The number of hydrogen-bond acceptors (Lipinski definition) is 4. The maximum atomic E-state index is 12.2. The fourth-order valence-corrected chi connectivity index (χ4v) is 2.52. The van der Waals surface area contributed by atoms with Gasteiger partial charge in [-0.1, -0.05) is 6.07 Å². The molecule has 1 aromatic heterocycles. The molecule has 2 N–H and O–H groups in total. The smallest absolute Gasteiger partial charge is 0.223 e. The van der Waals surface area contributed by atoms with Crippen LogP contribution in [-0.4, -0.2) is 30.1 Å². The second-order valence-corrected chi connectivity index (χ2v) is 5.19. The summed E-state index contributed by atoms with van der Waals surface area (Å²) < 4.78 is 5.46. The van der Waals surface area contributed by atoms with Crippen molar-refractivity contribution in [1.29, 1.82) is 0 Å². The van der Waals surface area contributed by atoms with E-state index in [9.17, 15) is 4.79 Å². The van der Waals surface area contributed by atoms with Crippen molar-refractivity contribution in [2.45, 2.75) is 39.3 Å². The van der Waals surface area contributed by atoms with Crippen LogP contribution in [0.5, 0.6) is 5.88 Å². The van der Waals surface area contributed by atoms with Gasteiger partial charge in [-0.25, -0.2) is 4.98 Å². The molecule has 110 valence electrons. The first-order valence-electron chi connectivity index (χ1n) is 7.28. The summed E-state index contributed by atoms with van der Waals surface area (Å²) in [5, 5.41) is 6.36. The van der Waals surface area contributed by atoms with Crippen molar-refractivity contribution in [2.24, 2.45) is 5.92 Å². The van der Waals surface area contributed by atoms with E-state index in [1.165, 1.54) is 0 Å². The van der Waals surface area contributed by atoms with Crippen LogP contribution in [0.1, 0.15) is 32.3 Å². The molecular formula is C15H23N3O2. The maximum absolute atomic E-state index is 12.2. The second-order valence-electron chi connectivity index (χ2n) is 5.19. The van der Waals surface area contributed by atoms with Crippen LogP contribution in [0.3, 0.4) is 0 Å². The van der Waals surface area contributed by atoms with E-state index in [0.29, 0.717) is 25.1 Å². The van der Waals surface area contributed by atoms with E-state index in [1.807, 2.05) is 19.1 Å². The highest BCUT2D eigenvalue weighted by atomic mass is 16.5. The fraction of sp³-hybridized carbons (Fsp3) is 0.600. The Morgan fingerprint density at radius 3 is 3.20 bits per heavy atom. The molecule has 0 saturated carbocycles. The molecule has 2 atom stereocenters. The Morgan fingerprint density at radius 1 is 1.60 bits per heavy atom. The number of aromatic nitrogens is 1. The quantitative estimate of drug-likeness (QED) is 0.856. The summed E-state index contributed by atoms with van der Waals surface area (Å²) in [5.74, 6) is 0.845. The van der Waals surface area contributed by atoms with Crippen LogP contribution in [0, 0.1) is 5.92 Å². The van der Waals surface area contributed by atoms with Gasteiger partial charge in [0.1, 0.15) is 0 Å². The predicted octanol–water partition coefficient (Wildman–Crippen LogP) is 1.48. The molecule has 2 heterocycles. The van der Waals surface area contributed by atoms with Crippen molar-refractivity contribution in [3.8, 4) is 5.88 Å². The molecule has 1 fully saturated rings. The number of pyridine rings is 1. The van der Waals surface area contributed by atoms with Gasteiger partial charge in [0.2, 0.25) is 11.8 Å². The van der Waals surface area contributed by atoms with E-state index < -0.39 is 0 Å². The first-order chi connectivity index (χ1) is 9.70. The number of piperidine rings is 1. The van der Waals surface area contributed by atoms with Crippen LogP contribution in [0.15, 0.2) is 18.3 Å². The number of carbonyl (C=O) groups is 1. The van der Waals surface area contributed by atoms with Crippen LogP contribution < -0.4 is 15.4 Å². The van der Waals surface area contributed by atoms with Crippen LogP contribution in [0.4, 0.5) is 0 Å². The van der Waals surface area contributed by atoms with Gasteiger partial charge >= 0.3 is 0 Å². The summed E-state index contributed by atoms with van der Waals surface area (Å²) in [6.07, 6.45) is 3.50. The Hall–Kier alpha value is -1.62. The molecule has 1 amide bonds. The molecule has 5 heteroatoms. The predicted molar refractivity (Wildman–Crippen MR) is 77.4 cm³/mol. The molecule has 2 rings (SSSR count). The molecule has 0 spiro atoms. The Balaban J connectivity index is 1.89. The number of rotatable bonds is 5. The summed E-state index contributed by atoms with van der Waals surface area (Å²) in [6.45, 7) is 6.00. The number of ether oxygens (including phenoxy) is 1. The number of nitrogens with one attached hydrogen (secondary N) is 2. The summed E-state index contributed by atoms with van der Waals surface area (Å²) in [5.41, 5.74) is 0.921. The van der Waals surface area contributed by atoms with Gasteiger partial charge in [-0.05, 0) is 39.3 Å². The SMILES string of the molecule is CCOc1ncccc1CNC(=O)[C@H]1CCN[C@@H](C)C1. The highest BCUT2D eigenvalue weighted by Gasteiger charge is 2.24. The van der Waals surface area contributed by atoms with Gasteiger partial charge < -0.3 is 15.4 Å². The molecule has 0 radical (unpaired) electrons. The number of amides is 1. The third-order valence-electron chi connectivity index (χ3n) is 3.58. The van der Waals surface area contributed by atoms with E-state index in [-0.39, 0.29) is 11.8 Å². The van der Waals surface area contributed by atoms with E-state index in [1.54, 1.807) is 6.20 Å². The van der Waals surface area contributed by atoms with Crippen molar-refractivity contribution < 1.29 is 9.53 Å². The van der Waals surface area contributed by atoms with Gasteiger partial charge in [-0.2, -0.15) is 0 Å². The molecule has 0 bridgehead atoms. The number of carbonyl (C=O) groups excluding carboxylic acids is 1. The normalized spacial score (nSPS) is 22.3. The van der Waals surface area contributed by atoms with Crippen molar-refractivity contribution >= 4 is 5.91 Å². The molecular weight excluding hydrogens is 254 g/mol. The lowest BCUT2D eigenvalue weighted by Crippen LogP contribution is -2.42. The monoisotopic (exact) mass is 277 g/mol. The van der Waals surface area contributed by atoms with Gasteiger partial charge in [-0.15, -0.1) is 0 Å². The van der Waals surface area contributed by atoms with E-state index >= 15 is 0 Å². The summed E-state index contributed by atoms with van der Waals surface area (Å²) in [7, 11) is 0. The van der Waals surface area contributed by atoms with Crippen molar-refractivity contribution in [3.05, 3.63) is 23.9 Å².